The van der Waals surface area contributed by atoms with Gasteiger partial charge in [0.2, 0.25) is 0 Å². The Kier molecular flexibility index (Phi) is 10.4. The molecule has 1 unspecified atom stereocenters. The molecule has 2 aromatic rings. The molecule has 8 nitrogen and oxygen atoms in total. The summed E-state index contributed by atoms with van der Waals surface area (Å²) in [4.78, 5) is 22.8. The van der Waals surface area contributed by atoms with Gasteiger partial charge in [-0.15, -0.1) is 0 Å². The Morgan fingerprint density at radius 1 is 1.02 bits per heavy atom. The van der Waals surface area contributed by atoms with E-state index in [1.165, 1.54) is 24.3 Å². The number of carbonyl (C=O) groups is 1. The van der Waals surface area contributed by atoms with Crippen LogP contribution in [-0.2, 0) is 17.6 Å². The summed E-state index contributed by atoms with van der Waals surface area (Å²) >= 11 is -1.54. The van der Waals surface area contributed by atoms with Gasteiger partial charge in [-0.1, -0.05) is 24.2 Å². The van der Waals surface area contributed by atoms with Gasteiger partial charge in [-0.25, -0.2) is 4.79 Å². The van der Waals surface area contributed by atoms with Crippen molar-refractivity contribution in [2.24, 2.45) is 23.2 Å². The molecule has 0 spiro atoms. The maximum Gasteiger partial charge on any atom is 0.519 e. The lowest BCUT2D eigenvalue weighted by molar-refractivity contribution is -0.384. The monoisotopic (exact) mass is 687 g/mol. The standard InChI is InChI=1S/C33H38F5NO7S/c1-31-15-13-26-25-10-9-24(46-30(41)45-23-7-5-22(6-8-23)39(42)43)19-21(25)18-20(29(26)27(31)11-12-28(31)40)4-2-16-47(44)17-3-14-32(34,35)33(36,37)38/h5-10,19-20,26-29,40H,2-4,11-18H2,1H3/t20-,26-,27+,28+,29-,31+,47?/m1/s1. The van der Waals surface area contributed by atoms with Crippen molar-refractivity contribution in [2.75, 3.05) is 11.5 Å². The first kappa shape index (κ1) is 35.3. The summed E-state index contributed by atoms with van der Waals surface area (Å²) in [6.07, 6.45) is -3.76. The molecule has 2 aromatic carbocycles. The molecule has 0 aliphatic heterocycles. The Balaban J connectivity index is 1.25. The number of halogens is 5. The number of carbonyl (C=O) groups excluding carboxylic acids is 1. The van der Waals surface area contributed by atoms with Crippen molar-refractivity contribution in [1.29, 1.82) is 0 Å². The number of rotatable bonds is 11. The van der Waals surface area contributed by atoms with Crippen molar-refractivity contribution in [2.45, 2.75) is 88.8 Å². The lowest BCUT2D eigenvalue weighted by Crippen LogP contribution is -2.47. The van der Waals surface area contributed by atoms with Gasteiger partial charge in [-0.2, -0.15) is 22.0 Å². The number of hydrogen-bond donors (Lipinski definition) is 1. The molecule has 2 fully saturated rings. The zero-order chi connectivity index (χ0) is 34.1. The number of nitro benzene ring substituents is 1. The number of alkyl halides is 5. The van der Waals surface area contributed by atoms with Crippen molar-refractivity contribution in [3.8, 4) is 11.5 Å². The summed E-state index contributed by atoms with van der Waals surface area (Å²) in [5, 5.41) is 21.8. The minimum absolute atomic E-state index is 0.0805. The van der Waals surface area contributed by atoms with E-state index in [9.17, 15) is 46.5 Å². The Bertz CT molecular complexity index is 1440. The van der Waals surface area contributed by atoms with Crippen LogP contribution in [0.5, 0.6) is 11.5 Å². The fraction of sp³-hybridized carbons (Fsp3) is 0.606. The van der Waals surface area contributed by atoms with E-state index in [1.54, 1.807) is 12.1 Å². The fourth-order valence-corrected chi connectivity index (χ4v) is 9.30. The van der Waals surface area contributed by atoms with E-state index >= 15 is 0 Å². The Labute approximate surface area is 272 Å². The number of non-ortho nitro benzene ring substituents is 1. The van der Waals surface area contributed by atoms with E-state index < -0.39 is 53.3 Å². The molecule has 47 heavy (non-hydrogen) atoms. The van der Waals surface area contributed by atoms with Crippen molar-refractivity contribution in [1.82, 2.24) is 0 Å². The smallest absolute Gasteiger partial charge is 0.519 e. The van der Waals surface area contributed by atoms with E-state index in [2.05, 4.69) is 6.92 Å². The van der Waals surface area contributed by atoms with Crippen LogP contribution in [0.15, 0.2) is 42.5 Å². The van der Waals surface area contributed by atoms with E-state index in [4.69, 9.17) is 9.47 Å². The number of nitro groups is 1. The third kappa shape index (κ3) is 7.69. The number of aliphatic hydroxyl groups is 1. The molecule has 3 aliphatic carbocycles. The highest BCUT2D eigenvalue weighted by Gasteiger charge is 2.57. The van der Waals surface area contributed by atoms with E-state index in [-0.39, 0.29) is 57.8 Å². The van der Waals surface area contributed by atoms with Gasteiger partial charge in [0, 0.05) is 18.6 Å². The van der Waals surface area contributed by atoms with Crippen LogP contribution in [0.25, 0.3) is 0 Å². The first-order valence-electron chi connectivity index (χ1n) is 15.8. The molecule has 0 saturated heterocycles. The molecule has 7 atom stereocenters. The quantitative estimate of drug-likeness (QED) is 0.0632. The summed E-state index contributed by atoms with van der Waals surface area (Å²) in [5.41, 5.74) is 1.78. The Hall–Kier alpha value is -2.97. The first-order valence-corrected chi connectivity index (χ1v) is 17.3. The van der Waals surface area contributed by atoms with Crippen LogP contribution in [0, 0.1) is 33.3 Å². The number of benzene rings is 2. The van der Waals surface area contributed by atoms with Crippen LogP contribution in [0.1, 0.15) is 75.3 Å². The van der Waals surface area contributed by atoms with E-state index in [0.717, 1.165) is 36.8 Å². The zero-order valence-electron chi connectivity index (χ0n) is 25.8. The number of ether oxygens (including phenoxy) is 2. The minimum Gasteiger partial charge on any atom is -0.616 e. The predicted molar refractivity (Wildman–Crippen MR) is 163 cm³/mol. The highest BCUT2D eigenvalue weighted by atomic mass is 32.2. The van der Waals surface area contributed by atoms with Gasteiger partial charge in [0.15, 0.2) is 0 Å². The summed E-state index contributed by atoms with van der Waals surface area (Å²) in [7, 11) is 0. The molecule has 14 heteroatoms. The molecule has 5 rings (SSSR count). The summed E-state index contributed by atoms with van der Waals surface area (Å²) in [6, 6.07) is 10.5. The lowest BCUT2D eigenvalue weighted by Gasteiger charge is -2.53. The molecular weight excluding hydrogens is 649 g/mol. The molecule has 0 amide bonds. The molecule has 0 radical (unpaired) electrons. The van der Waals surface area contributed by atoms with E-state index in [0.29, 0.717) is 19.3 Å². The Morgan fingerprint density at radius 2 is 1.68 bits per heavy atom. The predicted octanol–water partition coefficient (Wildman–Crippen LogP) is 8.12. The molecule has 1 N–H and O–H groups in total. The van der Waals surface area contributed by atoms with E-state index in [1.807, 2.05) is 6.07 Å². The molecule has 258 valence electrons. The third-order valence-electron chi connectivity index (χ3n) is 10.5. The summed E-state index contributed by atoms with van der Waals surface area (Å²) in [5.74, 6) is -3.63. The van der Waals surface area contributed by atoms with Crippen LogP contribution in [-0.4, -0.2) is 50.4 Å². The number of fused-ring (bicyclic) bond motifs is 5. The maximum atomic E-state index is 13.3. The molecule has 0 aromatic heterocycles. The second kappa shape index (κ2) is 13.9. The van der Waals surface area contributed by atoms with Crippen molar-refractivity contribution >= 4 is 23.0 Å². The molecule has 0 bridgehead atoms. The summed E-state index contributed by atoms with van der Waals surface area (Å²) < 4.78 is 87.1. The lowest BCUT2D eigenvalue weighted by atomic mass is 9.52. The highest BCUT2D eigenvalue weighted by Crippen LogP contribution is 2.62. The normalized spacial score (nSPS) is 27.7. The first-order chi connectivity index (χ1) is 22.1. The highest BCUT2D eigenvalue weighted by molar-refractivity contribution is 7.91. The van der Waals surface area contributed by atoms with Gasteiger partial charge < -0.3 is 19.1 Å². The maximum absolute atomic E-state index is 13.3. The minimum atomic E-state index is -5.62. The van der Waals surface area contributed by atoms with Gasteiger partial charge in [0.05, 0.1) is 11.0 Å². The van der Waals surface area contributed by atoms with Crippen LogP contribution in [0.4, 0.5) is 32.4 Å². The number of aliphatic hydroxyl groups excluding tert-OH is 1. The second-order valence-electron chi connectivity index (χ2n) is 13.3. The molecule has 2 saturated carbocycles. The van der Waals surface area contributed by atoms with Crippen LogP contribution < -0.4 is 9.47 Å². The molecular formula is C33H38F5NO7S. The van der Waals surface area contributed by atoms with Crippen molar-refractivity contribution < 1.29 is 50.8 Å². The zero-order valence-corrected chi connectivity index (χ0v) is 26.7. The average Bonchev–Trinajstić information content (AvgIpc) is 3.30. The fourth-order valence-electron chi connectivity index (χ4n) is 8.14. The van der Waals surface area contributed by atoms with Crippen LogP contribution >= 0.6 is 0 Å². The topological polar surface area (TPSA) is 122 Å². The van der Waals surface area contributed by atoms with Gasteiger partial charge in [0.1, 0.15) is 23.0 Å². The van der Waals surface area contributed by atoms with Gasteiger partial charge in [-0.3, -0.25) is 10.1 Å². The van der Waals surface area contributed by atoms with Crippen LogP contribution in [0.2, 0.25) is 0 Å². The van der Waals surface area contributed by atoms with Gasteiger partial charge in [0.25, 0.3) is 5.69 Å². The van der Waals surface area contributed by atoms with Gasteiger partial charge >= 0.3 is 18.3 Å². The third-order valence-corrected chi connectivity index (χ3v) is 12.0. The largest absolute Gasteiger partial charge is 0.616 e. The van der Waals surface area contributed by atoms with Crippen molar-refractivity contribution in [3.05, 3.63) is 63.7 Å². The van der Waals surface area contributed by atoms with Crippen LogP contribution in [0.3, 0.4) is 0 Å². The number of hydrogen-bond acceptors (Lipinski definition) is 7. The average molecular weight is 688 g/mol. The van der Waals surface area contributed by atoms with Crippen molar-refractivity contribution in [3.63, 3.8) is 0 Å². The van der Waals surface area contributed by atoms with Gasteiger partial charge in [-0.05, 0) is 116 Å². The number of nitrogens with zero attached hydrogens (tertiary/aromatic N) is 1. The summed E-state index contributed by atoms with van der Waals surface area (Å²) in [6.45, 7) is 2.15. The molecule has 3 aliphatic rings. The second-order valence-corrected chi connectivity index (χ2v) is 15.0. The molecule has 0 heterocycles. The SMILES string of the molecule is C[C@]12CC[C@@H]3c4ccc(OC(=O)Oc5ccc([N+](=O)[O-])cc5)cc4C[C@@H](CCC[S+]([O-])CCCC(F)(F)C(F)(F)F)[C@H]3[C@@H]1CC[C@@H]2O. The Morgan fingerprint density at radius 3 is 2.36 bits per heavy atom.